The number of anilines is 1. The molecule has 2 rings (SSSR count). The average Bonchev–Trinajstić information content (AvgIpc) is 2.26. The lowest BCUT2D eigenvalue weighted by molar-refractivity contribution is -0.384. The van der Waals surface area contributed by atoms with Crippen LogP contribution in [0.2, 0.25) is 0 Å². The van der Waals surface area contributed by atoms with Crippen molar-refractivity contribution in [3.63, 3.8) is 0 Å². The van der Waals surface area contributed by atoms with E-state index in [1.165, 1.54) is 0 Å². The fraction of sp³-hybridized carbons (Fsp3) is 0.455. The number of nitrogens with zero attached hydrogens (tertiary/aromatic N) is 1. The minimum atomic E-state index is -0.355. The Hall–Kier alpha value is -1.27. The third kappa shape index (κ3) is 2.89. The van der Waals surface area contributed by atoms with Gasteiger partial charge in [0.25, 0.3) is 5.69 Å². The van der Waals surface area contributed by atoms with Gasteiger partial charge in [-0.25, -0.2) is 0 Å². The molecule has 0 aromatic heterocycles. The Morgan fingerprint density at radius 3 is 2.88 bits per heavy atom. The maximum atomic E-state index is 10.9. The molecule has 0 saturated carbocycles. The number of nitrogens with one attached hydrogen (secondary N) is 1. The number of nitro groups is 1. The summed E-state index contributed by atoms with van der Waals surface area (Å²) in [5.74, 6) is 0.791. The van der Waals surface area contributed by atoms with Crippen LogP contribution in [0.3, 0.4) is 0 Å². The Kier molecular flexibility index (Phi) is 3.86. The molecule has 1 aromatic carbocycles. The second kappa shape index (κ2) is 5.37. The van der Waals surface area contributed by atoms with E-state index >= 15 is 0 Å². The van der Waals surface area contributed by atoms with Gasteiger partial charge in [-0.1, -0.05) is 6.07 Å². The van der Waals surface area contributed by atoms with E-state index in [2.05, 4.69) is 5.32 Å². The first-order chi connectivity index (χ1) is 8.20. The van der Waals surface area contributed by atoms with Gasteiger partial charge < -0.3 is 10.1 Å². The van der Waals surface area contributed by atoms with Crippen molar-refractivity contribution < 1.29 is 9.66 Å². The molecule has 0 radical (unpaired) electrons. The molecule has 0 aliphatic carbocycles. The van der Waals surface area contributed by atoms with Crippen LogP contribution in [0.4, 0.5) is 11.4 Å². The van der Waals surface area contributed by atoms with E-state index in [0.29, 0.717) is 10.9 Å². The second-order valence-electron chi connectivity index (χ2n) is 3.83. The van der Waals surface area contributed by atoms with Crippen LogP contribution in [0.15, 0.2) is 18.2 Å². The van der Waals surface area contributed by atoms with Gasteiger partial charge in [0, 0.05) is 18.9 Å². The summed E-state index contributed by atoms with van der Waals surface area (Å²) in [6, 6.07) is 5.31. The molecule has 0 bridgehead atoms. The fourth-order valence-corrected chi connectivity index (χ4v) is 2.55. The second-order valence-corrected chi connectivity index (χ2v) is 5.12. The minimum absolute atomic E-state index is 0.135. The molecule has 17 heavy (non-hydrogen) atoms. The Morgan fingerprint density at radius 1 is 1.59 bits per heavy atom. The standard InChI is InChI=1S/C11H14N2O3S/c1-12-10-3-2-8(4-11(10)13(14)15)7-17-9-5-16-6-9/h2-4,9,12H,5-7H2,1H3. The van der Waals surface area contributed by atoms with Crippen molar-refractivity contribution in [2.24, 2.45) is 0 Å². The smallest absolute Gasteiger partial charge is 0.292 e. The molecule has 92 valence electrons. The molecular formula is C11H14N2O3S. The maximum Gasteiger partial charge on any atom is 0.292 e. The van der Waals surface area contributed by atoms with Crippen LogP contribution in [0.25, 0.3) is 0 Å². The van der Waals surface area contributed by atoms with Crippen molar-refractivity contribution in [1.82, 2.24) is 0 Å². The van der Waals surface area contributed by atoms with E-state index in [1.54, 1.807) is 30.9 Å². The highest BCUT2D eigenvalue weighted by Gasteiger charge is 2.19. The largest absolute Gasteiger partial charge is 0.383 e. The van der Waals surface area contributed by atoms with Crippen LogP contribution in [-0.4, -0.2) is 30.4 Å². The van der Waals surface area contributed by atoms with Gasteiger partial charge in [0.05, 0.1) is 23.4 Å². The lowest BCUT2D eigenvalue weighted by Crippen LogP contribution is -2.30. The summed E-state index contributed by atoms with van der Waals surface area (Å²) < 4.78 is 5.08. The first-order valence-corrected chi connectivity index (χ1v) is 6.40. The highest BCUT2D eigenvalue weighted by Crippen LogP contribution is 2.29. The summed E-state index contributed by atoms with van der Waals surface area (Å²) in [5, 5.41) is 14.2. The van der Waals surface area contributed by atoms with E-state index in [0.717, 1.165) is 24.5 Å². The first-order valence-electron chi connectivity index (χ1n) is 5.35. The number of rotatable bonds is 5. The van der Waals surface area contributed by atoms with Crippen LogP contribution in [0.1, 0.15) is 5.56 Å². The Morgan fingerprint density at radius 2 is 2.35 bits per heavy atom. The molecule has 1 fully saturated rings. The van der Waals surface area contributed by atoms with Crippen LogP contribution < -0.4 is 5.32 Å². The van der Waals surface area contributed by atoms with Crippen molar-refractivity contribution in [3.8, 4) is 0 Å². The van der Waals surface area contributed by atoms with E-state index < -0.39 is 0 Å². The Labute approximate surface area is 104 Å². The quantitative estimate of drug-likeness (QED) is 0.645. The van der Waals surface area contributed by atoms with E-state index in [1.807, 2.05) is 6.07 Å². The summed E-state index contributed by atoms with van der Waals surface area (Å²) in [4.78, 5) is 10.5. The first kappa shape index (κ1) is 12.2. The zero-order valence-electron chi connectivity index (χ0n) is 9.51. The highest BCUT2D eigenvalue weighted by molar-refractivity contribution is 7.99. The number of ether oxygens (including phenoxy) is 1. The monoisotopic (exact) mass is 254 g/mol. The fourth-order valence-electron chi connectivity index (χ4n) is 1.55. The molecule has 1 heterocycles. The predicted octanol–water partition coefficient (Wildman–Crippen LogP) is 2.27. The molecule has 1 N–H and O–H groups in total. The average molecular weight is 254 g/mol. The molecule has 1 aliphatic heterocycles. The van der Waals surface area contributed by atoms with Gasteiger partial charge in [0.15, 0.2) is 0 Å². The third-order valence-corrected chi connectivity index (χ3v) is 3.86. The zero-order chi connectivity index (χ0) is 12.3. The lowest BCUT2D eigenvalue weighted by Gasteiger charge is -2.25. The van der Waals surface area contributed by atoms with Crippen molar-refractivity contribution in [3.05, 3.63) is 33.9 Å². The Bertz CT molecular complexity index is 421. The Balaban J connectivity index is 2.06. The molecule has 5 nitrogen and oxygen atoms in total. The SMILES string of the molecule is CNc1ccc(CSC2COC2)cc1[N+](=O)[O-]. The van der Waals surface area contributed by atoms with Crippen molar-refractivity contribution in [2.75, 3.05) is 25.6 Å². The normalized spacial score (nSPS) is 15.4. The predicted molar refractivity (Wildman–Crippen MR) is 68.5 cm³/mol. The molecular weight excluding hydrogens is 240 g/mol. The van der Waals surface area contributed by atoms with Gasteiger partial charge in [0.2, 0.25) is 0 Å². The summed E-state index contributed by atoms with van der Waals surface area (Å²) in [5.41, 5.74) is 1.67. The topological polar surface area (TPSA) is 64.4 Å². The zero-order valence-corrected chi connectivity index (χ0v) is 10.3. The lowest BCUT2D eigenvalue weighted by atomic mass is 10.2. The van der Waals surface area contributed by atoms with Crippen molar-refractivity contribution in [2.45, 2.75) is 11.0 Å². The van der Waals surface area contributed by atoms with Gasteiger partial charge in [-0.05, 0) is 11.6 Å². The molecule has 0 unspecified atom stereocenters. The summed E-state index contributed by atoms with van der Waals surface area (Å²) in [6.07, 6.45) is 0. The molecule has 1 saturated heterocycles. The van der Waals surface area contributed by atoms with Gasteiger partial charge in [-0.3, -0.25) is 10.1 Å². The summed E-state index contributed by atoms with van der Waals surface area (Å²) >= 11 is 1.78. The third-order valence-electron chi connectivity index (χ3n) is 2.62. The van der Waals surface area contributed by atoms with Crippen LogP contribution >= 0.6 is 11.8 Å². The molecule has 6 heteroatoms. The van der Waals surface area contributed by atoms with E-state index in [-0.39, 0.29) is 10.6 Å². The molecule has 0 atom stereocenters. The molecule has 1 aromatic rings. The summed E-state index contributed by atoms with van der Waals surface area (Å²) in [7, 11) is 1.68. The van der Waals surface area contributed by atoms with Crippen LogP contribution in [0.5, 0.6) is 0 Å². The number of hydrogen-bond donors (Lipinski definition) is 1. The highest BCUT2D eigenvalue weighted by atomic mass is 32.2. The van der Waals surface area contributed by atoms with E-state index in [4.69, 9.17) is 4.74 Å². The number of thioether (sulfide) groups is 1. The van der Waals surface area contributed by atoms with Gasteiger partial charge in [0.1, 0.15) is 5.69 Å². The number of benzene rings is 1. The maximum absolute atomic E-state index is 10.9. The summed E-state index contributed by atoms with van der Waals surface area (Å²) in [6.45, 7) is 1.59. The van der Waals surface area contributed by atoms with E-state index in [9.17, 15) is 10.1 Å². The molecule has 0 spiro atoms. The van der Waals surface area contributed by atoms with Gasteiger partial charge in [-0.15, -0.1) is 11.8 Å². The van der Waals surface area contributed by atoms with Crippen LogP contribution in [-0.2, 0) is 10.5 Å². The van der Waals surface area contributed by atoms with Crippen LogP contribution in [0, 0.1) is 10.1 Å². The van der Waals surface area contributed by atoms with Crippen molar-refractivity contribution >= 4 is 23.1 Å². The number of hydrogen-bond acceptors (Lipinski definition) is 5. The van der Waals surface area contributed by atoms with Gasteiger partial charge in [-0.2, -0.15) is 0 Å². The minimum Gasteiger partial charge on any atom is -0.383 e. The van der Waals surface area contributed by atoms with Gasteiger partial charge >= 0.3 is 0 Å². The number of nitro benzene ring substituents is 1. The van der Waals surface area contributed by atoms with Crippen molar-refractivity contribution in [1.29, 1.82) is 0 Å². The molecule has 0 amide bonds. The molecule has 1 aliphatic rings.